The monoisotopic (exact) mass is 358 g/mol. The van der Waals surface area contributed by atoms with E-state index in [4.69, 9.17) is 0 Å². The number of unbranched alkanes of at least 4 members (excludes halogenated alkanes) is 1. The molecule has 7 heteroatoms. The van der Waals surface area contributed by atoms with Gasteiger partial charge in [-0.2, -0.15) is 16.9 Å². The molecule has 25 heavy (non-hydrogen) atoms. The average Bonchev–Trinajstić information content (AvgIpc) is 3.18. The fraction of sp³-hybridized carbons (Fsp3) is 0.389. The van der Waals surface area contributed by atoms with Crippen molar-refractivity contribution in [3.8, 4) is 5.69 Å². The molecular weight excluding hydrogens is 336 g/mol. The molecule has 0 bridgehead atoms. The number of nitrogens with zero attached hydrogens (tertiary/aromatic N) is 2. The van der Waals surface area contributed by atoms with Crippen LogP contribution in [-0.2, 0) is 21.1 Å². The number of hydrogen-bond donors (Lipinski definition) is 2. The predicted molar refractivity (Wildman–Crippen MR) is 99.8 cm³/mol. The van der Waals surface area contributed by atoms with Gasteiger partial charge in [-0.25, -0.2) is 4.68 Å². The Kier molecular flexibility index (Phi) is 5.43. The van der Waals surface area contributed by atoms with E-state index in [1.54, 1.807) is 16.4 Å². The first kappa shape index (κ1) is 17.5. The van der Waals surface area contributed by atoms with Crippen LogP contribution in [0.2, 0.25) is 0 Å². The SMILES string of the molecule is CCCCNC(=O)C(=O)Nc1c2c(nn1-c1ccc(C)cc1)CSC2. The number of carbonyl (C=O) groups excluding carboxylic acids is 2. The van der Waals surface area contributed by atoms with E-state index in [2.05, 4.69) is 15.7 Å². The zero-order valence-electron chi connectivity index (χ0n) is 14.5. The molecular formula is C18H22N4O2S. The van der Waals surface area contributed by atoms with Gasteiger partial charge in [0, 0.05) is 23.6 Å². The Bertz CT molecular complexity index is 783. The second kappa shape index (κ2) is 7.74. The van der Waals surface area contributed by atoms with E-state index in [9.17, 15) is 9.59 Å². The van der Waals surface area contributed by atoms with E-state index >= 15 is 0 Å². The van der Waals surface area contributed by atoms with Crippen molar-refractivity contribution < 1.29 is 9.59 Å². The highest BCUT2D eigenvalue weighted by Crippen LogP contribution is 2.36. The molecule has 132 valence electrons. The summed E-state index contributed by atoms with van der Waals surface area (Å²) in [6.45, 7) is 4.56. The number of anilines is 1. The summed E-state index contributed by atoms with van der Waals surface area (Å²) in [6, 6.07) is 7.92. The highest BCUT2D eigenvalue weighted by molar-refractivity contribution is 7.98. The summed E-state index contributed by atoms with van der Waals surface area (Å²) in [5.74, 6) is 0.946. The predicted octanol–water partition coefficient (Wildman–Crippen LogP) is 2.78. The van der Waals surface area contributed by atoms with Gasteiger partial charge < -0.3 is 10.6 Å². The maximum absolute atomic E-state index is 12.3. The van der Waals surface area contributed by atoms with Gasteiger partial charge in [0.25, 0.3) is 0 Å². The molecule has 0 saturated heterocycles. The van der Waals surface area contributed by atoms with Crippen LogP contribution >= 0.6 is 11.8 Å². The topological polar surface area (TPSA) is 76.0 Å². The molecule has 2 aromatic rings. The van der Waals surface area contributed by atoms with Crippen LogP contribution in [0.5, 0.6) is 0 Å². The largest absolute Gasteiger partial charge is 0.348 e. The molecule has 1 aromatic carbocycles. The first-order valence-corrected chi connectivity index (χ1v) is 9.60. The maximum Gasteiger partial charge on any atom is 0.314 e. The number of aryl methyl sites for hydroxylation is 1. The Morgan fingerprint density at radius 3 is 2.68 bits per heavy atom. The third-order valence-corrected chi connectivity index (χ3v) is 5.05. The molecule has 0 aliphatic carbocycles. The molecule has 1 aliphatic rings. The van der Waals surface area contributed by atoms with E-state index in [0.717, 1.165) is 46.9 Å². The molecule has 2 N–H and O–H groups in total. The Labute approximate surface area is 151 Å². The number of benzene rings is 1. The van der Waals surface area contributed by atoms with Crippen molar-refractivity contribution in [1.82, 2.24) is 15.1 Å². The zero-order chi connectivity index (χ0) is 17.8. The van der Waals surface area contributed by atoms with Crippen molar-refractivity contribution in [3.63, 3.8) is 0 Å². The summed E-state index contributed by atoms with van der Waals surface area (Å²) in [5, 5.41) is 10.0. The lowest BCUT2D eigenvalue weighted by Gasteiger charge is -2.11. The van der Waals surface area contributed by atoms with Gasteiger partial charge in [-0.1, -0.05) is 31.0 Å². The second-order valence-electron chi connectivity index (χ2n) is 6.08. The lowest BCUT2D eigenvalue weighted by molar-refractivity contribution is -0.136. The van der Waals surface area contributed by atoms with E-state index in [0.29, 0.717) is 12.4 Å². The number of thioether (sulfide) groups is 1. The molecule has 0 atom stereocenters. The van der Waals surface area contributed by atoms with Gasteiger partial charge in [0.05, 0.1) is 11.4 Å². The molecule has 0 saturated carbocycles. The van der Waals surface area contributed by atoms with Crippen LogP contribution in [-0.4, -0.2) is 28.1 Å². The van der Waals surface area contributed by atoms with E-state index < -0.39 is 11.8 Å². The van der Waals surface area contributed by atoms with Gasteiger partial charge in [0.1, 0.15) is 5.82 Å². The summed E-state index contributed by atoms with van der Waals surface area (Å²) in [4.78, 5) is 24.2. The lowest BCUT2D eigenvalue weighted by atomic mass is 10.2. The fourth-order valence-corrected chi connectivity index (χ4v) is 3.67. The van der Waals surface area contributed by atoms with Gasteiger partial charge in [-0.15, -0.1) is 0 Å². The molecule has 1 aromatic heterocycles. The van der Waals surface area contributed by atoms with Crippen LogP contribution in [0.15, 0.2) is 24.3 Å². The smallest absolute Gasteiger partial charge is 0.314 e. The minimum Gasteiger partial charge on any atom is -0.348 e. The first-order chi connectivity index (χ1) is 12.1. The number of hydrogen-bond acceptors (Lipinski definition) is 4. The first-order valence-electron chi connectivity index (χ1n) is 8.45. The van der Waals surface area contributed by atoms with Crippen LogP contribution in [0.3, 0.4) is 0 Å². The van der Waals surface area contributed by atoms with E-state index in [-0.39, 0.29) is 0 Å². The van der Waals surface area contributed by atoms with E-state index in [1.165, 1.54) is 0 Å². The van der Waals surface area contributed by atoms with E-state index in [1.807, 2.05) is 38.1 Å². The summed E-state index contributed by atoms with van der Waals surface area (Å²) < 4.78 is 1.72. The van der Waals surface area contributed by atoms with Crippen LogP contribution in [0.4, 0.5) is 5.82 Å². The fourth-order valence-electron chi connectivity index (χ4n) is 2.64. The summed E-state index contributed by atoms with van der Waals surface area (Å²) in [7, 11) is 0. The number of nitrogens with one attached hydrogen (secondary N) is 2. The molecule has 0 spiro atoms. The molecule has 0 unspecified atom stereocenters. The van der Waals surface area contributed by atoms with Crippen molar-refractivity contribution in [1.29, 1.82) is 0 Å². The van der Waals surface area contributed by atoms with Gasteiger partial charge in [-0.3, -0.25) is 9.59 Å². The molecule has 3 rings (SSSR count). The molecule has 2 amide bonds. The normalized spacial score (nSPS) is 12.7. The van der Waals surface area contributed by atoms with Crippen molar-refractivity contribution >= 4 is 29.4 Å². The van der Waals surface area contributed by atoms with Crippen molar-refractivity contribution in [2.24, 2.45) is 0 Å². The van der Waals surface area contributed by atoms with Gasteiger partial charge in [0.2, 0.25) is 0 Å². The maximum atomic E-state index is 12.3. The molecule has 0 radical (unpaired) electrons. The minimum atomic E-state index is -0.649. The summed E-state index contributed by atoms with van der Waals surface area (Å²) >= 11 is 1.75. The van der Waals surface area contributed by atoms with Gasteiger partial charge >= 0.3 is 11.8 Å². The number of fused-ring (bicyclic) bond motifs is 1. The van der Waals surface area contributed by atoms with Crippen LogP contribution in [0.1, 0.15) is 36.6 Å². The highest BCUT2D eigenvalue weighted by Gasteiger charge is 2.26. The summed E-state index contributed by atoms with van der Waals surface area (Å²) in [5.41, 5.74) is 3.99. The van der Waals surface area contributed by atoms with Gasteiger partial charge in [0.15, 0.2) is 0 Å². The average molecular weight is 358 g/mol. The number of amides is 2. The molecule has 1 aliphatic heterocycles. The quantitative estimate of drug-likeness (QED) is 0.636. The third-order valence-electron chi connectivity index (χ3n) is 4.08. The zero-order valence-corrected chi connectivity index (χ0v) is 15.3. The lowest BCUT2D eigenvalue weighted by Crippen LogP contribution is -2.36. The van der Waals surface area contributed by atoms with Crippen molar-refractivity contribution in [2.75, 3.05) is 11.9 Å². The van der Waals surface area contributed by atoms with Crippen LogP contribution in [0.25, 0.3) is 5.69 Å². The van der Waals surface area contributed by atoms with Crippen molar-refractivity contribution in [2.45, 2.75) is 38.2 Å². The minimum absolute atomic E-state index is 0.508. The Hall–Kier alpha value is -2.28. The number of rotatable bonds is 5. The summed E-state index contributed by atoms with van der Waals surface area (Å²) in [6.07, 6.45) is 1.82. The Morgan fingerprint density at radius 1 is 1.20 bits per heavy atom. The van der Waals surface area contributed by atoms with Gasteiger partial charge in [-0.05, 0) is 25.5 Å². The standard InChI is InChI=1S/C18H22N4O2S/c1-3-4-9-19-17(23)18(24)20-16-14-10-25-11-15(14)21-22(16)13-7-5-12(2)6-8-13/h5-8H,3-4,9-11H2,1-2H3,(H,19,23)(H,20,24). The second-order valence-corrected chi connectivity index (χ2v) is 7.06. The molecule has 6 nitrogen and oxygen atoms in total. The van der Waals surface area contributed by atoms with Crippen LogP contribution < -0.4 is 10.6 Å². The Morgan fingerprint density at radius 2 is 1.96 bits per heavy atom. The Balaban J connectivity index is 1.84. The number of aromatic nitrogens is 2. The van der Waals surface area contributed by atoms with Crippen LogP contribution in [0, 0.1) is 6.92 Å². The number of carbonyl (C=O) groups is 2. The molecule has 0 fully saturated rings. The highest BCUT2D eigenvalue weighted by atomic mass is 32.2. The van der Waals surface area contributed by atoms with Crippen molar-refractivity contribution in [3.05, 3.63) is 41.1 Å². The third kappa shape index (κ3) is 3.87. The molecule has 2 heterocycles.